The zero-order valence-electron chi connectivity index (χ0n) is 7.25. The summed E-state index contributed by atoms with van der Waals surface area (Å²) in [6, 6.07) is 0. The van der Waals surface area contributed by atoms with E-state index < -0.39 is 0 Å². The Morgan fingerprint density at radius 2 is 1.36 bits per heavy atom. The van der Waals surface area contributed by atoms with Crippen LogP contribution in [0.3, 0.4) is 0 Å². The molecular formula is C9H16O2. The van der Waals surface area contributed by atoms with Crippen molar-refractivity contribution in [1.29, 1.82) is 0 Å². The average Bonchev–Trinajstić information content (AvgIpc) is 2.36. The van der Waals surface area contributed by atoms with E-state index in [0.717, 1.165) is 11.8 Å². The SMILES string of the molecule is CC1CC2OCOC2CC1C. The molecule has 11 heavy (non-hydrogen) atoms. The van der Waals surface area contributed by atoms with Crippen molar-refractivity contribution in [2.75, 3.05) is 6.79 Å². The molecule has 2 aliphatic rings. The van der Waals surface area contributed by atoms with Gasteiger partial charge in [-0.2, -0.15) is 0 Å². The Balaban J connectivity index is 2.00. The normalized spacial score (nSPS) is 50.7. The summed E-state index contributed by atoms with van der Waals surface area (Å²) in [7, 11) is 0. The van der Waals surface area contributed by atoms with E-state index in [1.807, 2.05) is 0 Å². The fraction of sp³-hybridized carbons (Fsp3) is 1.00. The van der Waals surface area contributed by atoms with E-state index in [9.17, 15) is 0 Å². The third-order valence-electron chi connectivity index (χ3n) is 3.16. The average molecular weight is 156 g/mol. The largest absolute Gasteiger partial charge is 0.349 e. The molecule has 0 radical (unpaired) electrons. The summed E-state index contributed by atoms with van der Waals surface area (Å²) in [5.41, 5.74) is 0. The second-order valence-electron chi connectivity index (χ2n) is 3.95. The van der Waals surface area contributed by atoms with Crippen LogP contribution in [0.15, 0.2) is 0 Å². The fourth-order valence-electron chi connectivity index (χ4n) is 2.07. The van der Waals surface area contributed by atoms with Crippen LogP contribution in [-0.4, -0.2) is 19.0 Å². The number of hydrogen-bond acceptors (Lipinski definition) is 2. The van der Waals surface area contributed by atoms with Gasteiger partial charge in [-0.25, -0.2) is 0 Å². The van der Waals surface area contributed by atoms with Crippen LogP contribution >= 0.6 is 0 Å². The van der Waals surface area contributed by atoms with Gasteiger partial charge in [0.2, 0.25) is 0 Å². The summed E-state index contributed by atoms with van der Waals surface area (Å²) in [6.07, 6.45) is 3.18. The molecular weight excluding hydrogens is 140 g/mol. The van der Waals surface area contributed by atoms with Gasteiger partial charge in [0.25, 0.3) is 0 Å². The maximum absolute atomic E-state index is 5.45. The van der Waals surface area contributed by atoms with Crippen molar-refractivity contribution in [2.24, 2.45) is 11.8 Å². The second kappa shape index (κ2) is 2.76. The van der Waals surface area contributed by atoms with E-state index in [2.05, 4.69) is 13.8 Å². The zero-order valence-corrected chi connectivity index (χ0v) is 7.25. The minimum absolute atomic E-state index is 0.404. The van der Waals surface area contributed by atoms with Crippen molar-refractivity contribution in [3.8, 4) is 0 Å². The summed E-state index contributed by atoms with van der Waals surface area (Å²) in [5.74, 6) is 1.61. The predicted molar refractivity (Wildman–Crippen MR) is 42.2 cm³/mol. The number of ether oxygens (including phenoxy) is 2. The molecule has 0 amide bonds. The standard InChI is InChI=1S/C9H16O2/c1-6-3-8-9(4-7(6)2)11-5-10-8/h6-9H,3-5H2,1-2H3. The molecule has 0 N–H and O–H groups in total. The molecule has 1 aliphatic heterocycles. The highest BCUT2D eigenvalue weighted by Crippen LogP contribution is 2.35. The van der Waals surface area contributed by atoms with Crippen LogP contribution in [0.25, 0.3) is 0 Å². The minimum Gasteiger partial charge on any atom is -0.349 e. The Morgan fingerprint density at radius 1 is 0.909 bits per heavy atom. The lowest BCUT2D eigenvalue weighted by Crippen LogP contribution is -2.34. The first-order chi connectivity index (χ1) is 5.27. The van der Waals surface area contributed by atoms with Gasteiger partial charge in [0.15, 0.2) is 0 Å². The van der Waals surface area contributed by atoms with Gasteiger partial charge >= 0.3 is 0 Å². The fourth-order valence-corrected chi connectivity index (χ4v) is 2.07. The Morgan fingerprint density at radius 3 is 1.82 bits per heavy atom. The lowest BCUT2D eigenvalue weighted by atomic mass is 9.79. The van der Waals surface area contributed by atoms with Crippen LogP contribution in [0.1, 0.15) is 26.7 Å². The third-order valence-corrected chi connectivity index (χ3v) is 3.16. The molecule has 2 nitrogen and oxygen atoms in total. The lowest BCUT2D eigenvalue weighted by Gasteiger charge is -2.32. The van der Waals surface area contributed by atoms with Crippen molar-refractivity contribution in [1.82, 2.24) is 0 Å². The van der Waals surface area contributed by atoms with Gasteiger partial charge in [-0.1, -0.05) is 13.8 Å². The molecule has 0 aromatic rings. The van der Waals surface area contributed by atoms with Crippen molar-refractivity contribution < 1.29 is 9.47 Å². The van der Waals surface area contributed by atoms with Gasteiger partial charge in [0, 0.05) is 0 Å². The van der Waals surface area contributed by atoms with Gasteiger partial charge < -0.3 is 9.47 Å². The van der Waals surface area contributed by atoms with Gasteiger partial charge in [-0.15, -0.1) is 0 Å². The van der Waals surface area contributed by atoms with Crippen LogP contribution < -0.4 is 0 Å². The molecule has 64 valence electrons. The molecule has 2 fully saturated rings. The Labute approximate surface area is 67.9 Å². The molecule has 1 heterocycles. The molecule has 2 rings (SSSR count). The quantitative estimate of drug-likeness (QED) is 0.532. The van der Waals surface area contributed by atoms with Crippen LogP contribution in [0.4, 0.5) is 0 Å². The zero-order chi connectivity index (χ0) is 7.84. The Kier molecular flexibility index (Phi) is 1.90. The van der Waals surface area contributed by atoms with E-state index in [4.69, 9.17) is 9.47 Å². The van der Waals surface area contributed by atoms with Crippen molar-refractivity contribution in [2.45, 2.75) is 38.9 Å². The molecule has 4 atom stereocenters. The summed E-state index contributed by atoms with van der Waals surface area (Å²) < 4.78 is 10.9. The first-order valence-corrected chi connectivity index (χ1v) is 4.50. The first kappa shape index (κ1) is 7.56. The lowest BCUT2D eigenvalue weighted by molar-refractivity contribution is 0.0389. The highest BCUT2D eigenvalue weighted by molar-refractivity contribution is 4.85. The molecule has 1 saturated carbocycles. The third kappa shape index (κ3) is 1.30. The number of fused-ring (bicyclic) bond motifs is 1. The van der Waals surface area contributed by atoms with E-state index >= 15 is 0 Å². The monoisotopic (exact) mass is 156 g/mol. The number of hydrogen-bond donors (Lipinski definition) is 0. The van der Waals surface area contributed by atoms with Crippen LogP contribution in [0.5, 0.6) is 0 Å². The maximum Gasteiger partial charge on any atom is 0.147 e. The predicted octanol–water partition coefficient (Wildman–Crippen LogP) is 1.79. The molecule has 1 saturated heterocycles. The molecule has 1 aliphatic carbocycles. The van der Waals surface area contributed by atoms with E-state index in [1.165, 1.54) is 12.8 Å². The summed E-state index contributed by atoms with van der Waals surface area (Å²) >= 11 is 0. The summed E-state index contributed by atoms with van der Waals surface area (Å²) in [6.45, 7) is 5.14. The van der Waals surface area contributed by atoms with Gasteiger partial charge in [-0.3, -0.25) is 0 Å². The highest BCUT2D eigenvalue weighted by atomic mass is 16.7. The van der Waals surface area contributed by atoms with Crippen molar-refractivity contribution >= 4 is 0 Å². The molecule has 2 heteroatoms. The van der Waals surface area contributed by atoms with Gasteiger partial charge in [0.1, 0.15) is 6.79 Å². The van der Waals surface area contributed by atoms with Crippen molar-refractivity contribution in [3.63, 3.8) is 0 Å². The molecule has 4 unspecified atom stereocenters. The molecule has 0 aromatic carbocycles. The summed E-state index contributed by atoms with van der Waals surface area (Å²) in [4.78, 5) is 0. The Hall–Kier alpha value is -0.0800. The van der Waals surface area contributed by atoms with E-state index in [-0.39, 0.29) is 0 Å². The van der Waals surface area contributed by atoms with Gasteiger partial charge in [-0.05, 0) is 24.7 Å². The molecule has 0 aromatic heterocycles. The number of rotatable bonds is 0. The van der Waals surface area contributed by atoms with Crippen LogP contribution in [0, 0.1) is 11.8 Å². The van der Waals surface area contributed by atoms with E-state index in [1.54, 1.807) is 0 Å². The Bertz CT molecular complexity index is 130. The van der Waals surface area contributed by atoms with Crippen molar-refractivity contribution in [3.05, 3.63) is 0 Å². The topological polar surface area (TPSA) is 18.5 Å². The maximum atomic E-state index is 5.45. The molecule has 0 bridgehead atoms. The summed E-state index contributed by atoms with van der Waals surface area (Å²) in [5, 5.41) is 0. The second-order valence-corrected chi connectivity index (χ2v) is 3.95. The first-order valence-electron chi connectivity index (χ1n) is 4.50. The van der Waals surface area contributed by atoms with Gasteiger partial charge in [0.05, 0.1) is 12.2 Å². The smallest absolute Gasteiger partial charge is 0.147 e. The van der Waals surface area contributed by atoms with E-state index in [0.29, 0.717) is 19.0 Å². The molecule has 0 spiro atoms. The minimum atomic E-state index is 0.404. The highest BCUT2D eigenvalue weighted by Gasteiger charge is 2.37. The van der Waals surface area contributed by atoms with Crippen LogP contribution in [0.2, 0.25) is 0 Å². The van der Waals surface area contributed by atoms with Crippen LogP contribution in [-0.2, 0) is 9.47 Å².